The van der Waals surface area contributed by atoms with E-state index in [0.29, 0.717) is 18.2 Å². The second kappa shape index (κ2) is 6.06. The van der Waals surface area contributed by atoms with E-state index in [2.05, 4.69) is 26.7 Å². The highest BCUT2D eigenvalue weighted by molar-refractivity contribution is 7.89. The topological polar surface area (TPSA) is 78.1 Å². The second-order valence-corrected chi connectivity index (χ2v) is 8.24. The van der Waals surface area contributed by atoms with Gasteiger partial charge >= 0.3 is 0 Å². The van der Waals surface area contributed by atoms with Gasteiger partial charge in [-0.25, -0.2) is 13.1 Å². The fourth-order valence-electron chi connectivity index (χ4n) is 3.27. The highest BCUT2D eigenvalue weighted by Gasteiger charge is 2.38. The molecule has 1 fully saturated rings. The van der Waals surface area contributed by atoms with Crippen LogP contribution in [0.4, 0.5) is 0 Å². The molecule has 0 aromatic carbocycles. The zero-order chi connectivity index (χ0) is 15.7. The highest BCUT2D eigenvalue weighted by Crippen LogP contribution is 2.35. The van der Waals surface area contributed by atoms with E-state index in [1.807, 2.05) is 14.1 Å². The number of sulfonamides is 1. The van der Waals surface area contributed by atoms with Crippen molar-refractivity contribution in [1.29, 1.82) is 0 Å². The van der Waals surface area contributed by atoms with Crippen molar-refractivity contribution in [2.24, 2.45) is 5.92 Å². The number of rotatable bonds is 5. The normalized spacial score (nSPS) is 27.2. The number of likely N-dealkylation sites (N-methyl/N-ethyl adjacent to an activating group) is 1. The second-order valence-electron chi connectivity index (χ2n) is 6.50. The Hall–Kier alpha value is -0.920. The summed E-state index contributed by atoms with van der Waals surface area (Å²) in [6.45, 7) is 4.40. The van der Waals surface area contributed by atoms with Gasteiger partial charge in [-0.15, -0.1) is 0 Å². The lowest BCUT2D eigenvalue weighted by Gasteiger charge is -2.45. The largest absolute Gasteiger partial charge is 0.302 e. The maximum Gasteiger partial charge on any atom is 0.244 e. The molecule has 1 aromatic rings. The number of hydrogen-bond acceptors (Lipinski definition) is 4. The van der Waals surface area contributed by atoms with Gasteiger partial charge in [-0.1, -0.05) is 19.8 Å². The fraction of sp³-hybridized carbons (Fsp3) is 0.786. The van der Waals surface area contributed by atoms with Crippen LogP contribution >= 0.6 is 0 Å². The van der Waals surface area contributed by atoms with E-state index in [1.54, 1.807) is 6.92 Å². The maximum atomic E-state index is 12.4. The van der Waals surface area contributed by atoms with Crippen molar-refractivity contribution in [3.05, 3.63) is 11.9 Å². The predicted octanol–water partition coefficient (Wildman–Crippen LogP) is 1.51. The lowest BCUT2D eigenvalue weighted by atomic mass is 9.75. The van der Waals surface area contributed by atoms with Gasteiger partial charge in [0, 0.05) is 12.1 Å². The molecule has 0 amide bonds. The lowest BCUT2D eigenvalue weighted by molar-refractivity contribution is 0.0805. The van der Waals surface area contributed by atoms with Crippen LogP contribution in [0, 0.1) is 12.8 Å². The number of H-pyrrole nitrogens is 1. The Balaban J connectivity index is 2.14. The number of nitrogens with zero attached hydrogens (tertiary/aromatic N) is 2. The Morgan fingerprint density at radius 1 is 1.52 bits per heavy atom. The third kappa shape index (κ3) is 3.46. The molecule has 2 unspecified atom stereocenters. The summed E-state index contributed by atoms with van der Waals surface area (Å²) >= 11 is 0. The van der Waals surface area contributed by atoms with Gasteiger partial charge in [0.15, 0.2) is 0 Å². The van der Waals surface area contributed by atoms with Crippen LogP contribution in [0.25, 0.3) is 0 Å². The van der Waals surface area contributed by atoms with Crippen LogP contribution in [-0.4, -0.2) is 49.7 Å². The summed E-state index contributed by atoms with van der Waals surface area (Å²) in [4.78, 5) is 2.41. The number of aromatic amines is 1. The Kier molecular flexibility index (Phi) is 4.75. The van der Waals surface area contributed by atoms with E-state index in [4.69, 9.17) is 0 Å². The molecule has 0 radical (unpaired) electrons. The quantitative estimate of drug-likeness (QED) is 0.863. The summed E-state index contributed by atoms with van der Waals surface area (Å²) in [5.74, 6) is 0.626. The van der Waals surface area contributed by atoms with Crippen LogP contribution < -0.4 is 4.72 Å². The Labute approximate surface area is 127 Å². The third-order valence-electron chi connectivity index (χ3n) is 4.68. The number of aryl methyl sites for hydroxylation is 1. The predicted molar refractivity (Wildman–Crippen MR) is 82.6 cm³/mol. The first-order chi connectivity index (χ1) is 9.77. The van der Waals surface area contributed by atoms with E-state index in [1.165, 1.54) is 12.6 Å². The van der Waals surface area contributed by atoms with Gasteiger partial charge in [0.1, 0.15) is 4.90 Å². The fourth-order valence-corrected chi connectivity index (χ4v) is 4.53. The zero-order valence-electron chi connectivity index (χ0n) is 13.3. The molecule has 1 saturated carbocycles. The molecule has 7 heteroatoms. The summed E-state index contributed by atoms with van der Waals surface area (Å²) in [5.41, 5.74) is 0.473. The molecule has 1 heterocycles. The van der Waals surface area contributed by atoms with Crippen molar-refractivity contribution in [2.45, 2.75) is 50.0 Å². The lowest BCUT2D eigenvalue weighted by Crippen LogP contribution is -2.55. The zero-order valence-corrected chi connectivity index (χ0v) is 14.1. The van der Waals surface area contributed by atoms with E-state index >= 15 is 0 Å². The van der Waals surface area contributed by atoms with Crippen molar-refractivity contribution in [1.82, 2.24) is 19.8 Å². The standard InChI is InChI=1S/C14H26N4O2S/c1-11-6-5-7-14(8-11,18(3)4)10-16-21(19,20)13-9-15-17-12(13)2/h9,11,16H,5-8,10H2,1-4H3,(H,15,17). The van der Waals surface area contributed by atoms with Crippen molar-refractivity contribution < 1.29 is 8.42 Å². The number of nitrogens with one attached hydrogen (secondary N) is 2. The molecule has 2 N–H and O–H groups in total. The van der Waals surface area contributed by atoms with E-state index in [9.17, 15) is 8.42 Å². The monoisotopic (exact) mass is 314 g/mol. The number of hydrogen-bond donors (Lipinski definition) is 2. The van der Waals surface area contributed by atoms with Gasteiger partial charge in [0.2, 0.25) is 10.0 Å². The highest BCUT2D eigenvalue weighted by atomic mass is 32.2. The van der Waals surface area contributed by atoms with Gasteiger partial charge in [-0.05, 0) is 39.8 Å². The molecule has 1 aromatic heterocycles. The van der Waals surface area contributed by atoms with E-state index in [-0.39, 0.29) is 10.4 Å². The molecule has 1 aliphatic carbocycles. The van der Waals surface area contributed by atoms with Crippen LogP contribution in [0.1, 0.15) is 38.3 Å². The van der Waals surface area contributed by atoms with Crippen molar-refractivity contribution in [3.8, 4) is 0 Å². The Morgan fingerprint density at radius 3 is 2.76 bits per heavy atom. The summed E-state index contributed by atoms with van der Waals surface area (Å²) in [6, 6.07) is 0. The first-order valence-electron chi connectivity index (χ1n) is 7.44. The Bertz CT molecular complexity index is 582. The molecule has 21 heavy (non-hydrogen) atoms. The molecule has 2 atom stereocenters. The minimum absolute atomic E-state index is 0.0949. The molecule has 0 bridgehead atoms. The average molecular weight is 314 g/mol. The minimum Gasteiger partial charge on any atom is -0.302 e. The summed E-state index contributed by atoms with van der Waals surface area (Å²) in [6.07, 6.45) is 5.78. The van der Waals surface area contributed by atoms with Crippen molar-refractivity contribution in [2.75, 3.05) is 20.6 Å². The molecule has 0 aliphatic heterocycles. The van der Waals surface area contributed by atoms with Gasteiger partial charge in [0.05, 0.1) is 11.9 Å². The minimum atomic E-state index is -3.51. The molecule has 0 saturated heterocycles. The summed E-state index contributed by atoms with van der Waals surface area (Å²) in [7, 11) is 0.568. The molecule has 2 rings (SSSR count). The molecule has 1 aliphatic rings. The SMILES string of the molecule is Cc1[nH]ncc1S(=O)(=O)NCC1(N(C)C)CCCC(C)C1. The third-order valence-corrected chi connectivity index (χ3v) is 6.20. The van der Waals surface area contributed by atoms with Crippen LogP contribution in [0.5, 0.6) is 0 Å². The number of aromatic nitrogens is 2. The summed E-state index contributed by atoms with van der Waals surface area (Å²) in [5, 5.41) is 6.47. The van der Waals surface area contributed by atoms with E-state index < -0.39 is 10.0 Å². The van der Waals surface area contributed by atoms with Crippen LogP contribution in [0.2, 0.25) is 0 Å². The summed E-state index contributed by atoms with van der Waals surface area (Å²) < 4.78 is 27.6. The molecule has 6 nitrogen and oxygen atoms in total. The average Bonchev–Trinajstić information content (AvgIpc) is 2.83. The van der Waals surface area contributed by atoms with Crippen LogP contribution in [-0.2, 0) is 10.0 Å². The van der Waals surface area contributed by atoms with Gasteiger partial charge in [0.25, 0.3) is 0 Å². The van der Waals surface area contributed by atoms with Crippen LogP contribution in [0.3, 0.4) is 0 Å². The van der Waals surface area contributed by atoms with Crippen molar-refractivity contribution in [3.63, 3.8) is 0 Å². The van der Waals surface area contributed by atoms with Crippen molar-refractivity contribution >= 4 is 10.0 Å². The van der Waals surface area contributed by atoms with Gasteiger partial charge in [-0.2, -0.15) is 5.10 Å². The van der Waals surface area contributed by atoms with Crippen LogP contribution in [0.15, 0.2) is 11.1 Å². The molecule has 120 valence electrons. The molecule has 0 spiro atoms. The first-order valence-corrected chi connectivity index (χ1v) is 8.92. The van der Waals surface area contributed by atoms with E-state index in [0.717, 1.165) is 19.3 Å². The molecular weight excluding hydrogens is 288 g/mol. The van der Waals surface area contributed by atoms with Gasteiger partial charge < -0.3 is 4.90 Å². The smallest absolute Gasteiger partial charge is 0.244 e. The molecular formula is C14H26N4O2S. The van der Waals surface area contributed by atoms with Gasteiger partial charge in [-0.3, -0.25) is 5.10 Å². The Morgan fingerprint density at radius 2 is 2.24 bits per heavy atom. The first kappa shape index (κ1) is 16.5. The maximum absolute atomic E-state index is 12.4.